The van der Waals surface area contributed by atoms with Crippen LogP contribution in [0.15, 0.2) is 18.2 Å². The highest BCUT2D eigenvalue weighted by Gasteiger charge is 2.26. The molecular weight excluding hydrogens is 246 g/mol. The molecule has 0 bridgehead atoms. The summed E-state index contributed by atoms with van der Waals surface area (Å²) in [5.74, 6) is 2.75. The van der Waals surface area contributed by atoms with Crippen molar-refractivity contribution in [3.05, 3.63) is 29.3 Å². The fraction of sp³-hybridized carbons (Fsp3) is 0.667. The maximum absolute atomic E-state index is 5.37. The molecule has 2 aliphatic carbocycles. The lowest BCUT2D eigenvalue weighted by molar-refractivity contribution is 0.240. The van der Waals surface area contributed by atoms with E-state index in [-0.39, 0.29) is 0 Å². The number of benzene rings is 1. The number of rotatable bonds is 4. The number of hydrogen-bond donors (Lipinski definition) is 1. The van der Waals surface area contributed by atoms with E-state index < -0.39 is 0 Å². The Bertz CT molecular complexity index is 457. The molecule has 3 atom stereocenters. The third kappa shape index (κ3) is 2.85. The Hall–Kier alpha value is -1.02. The number of nitrogens with one attached hydrogen (secondary N) is 1. The van der Waals surface area contributed by atoms with E-state index in [1.807, 2.05) is 0 Å². The Morgan fingerprint density at radius 3 is 2.85 bits per heavy atom. The third-order valence-electron chi connectivity index (χ3n) is 5.35. The van der Waals surface area contributed by atoms with Crippen LogP contribution >= 0.6 is 0 Å². The zero-order chi connectivity index (χ0) is 13.9. The second kappa shape index (κ2) is 6.17. The summed E-state index contributed by atoms with van der Waals surface area (Å²) in [6.45, 7) is 3.61. The standard InChI is InChI=1S/C18H27NO/c1-13-5-3-4-6-15(13)12-19-18-10-8-14-7-9-16(20-2)11-17(14)18/h7,9,11,13,15,18-19H,3-6,8,10,12H2,1-2H3. The van der Waals surface area contributed by atoms with Gasteiger partial charge in [-0.25, -0.2) is 0 Å². The predicted octanol–water partition coefficient (Wildman–Crippen LogP) is 4.10. The van der Waals surface area contributed by atoms with Gasteiger partial charge in [-0.1, -0.05) is 32.3 Å². The maximum Gasteiger partial charge on any atom is 0.119 e. The van der Waals surface area contributed by atoms with E-state index >= 15 is 0 Å². The van der Waals surface area contributed by atoms with Crippen molar-refractivity contribution in [1.29, 1.82) is 0 Å². The van der Waals surface area contributed by atoms with Crippen molar-refractivity contribution >= 4 is 0 Å². The molecule has 1 aromatic rings. The minimum Gasteiger partial charge on any atom is -0.497 e. The minimum atomic E-state index is 0.536. The van der Waals surface area contributed by atoms with Gasteiger partial charge in [-0.15, -0.1) is 0 Å². The highest BCUT2D eigenvalue weighted by Crippen LogP contribution is 2.35. The van der Waals surface area contributed by atoms with Crippen molar-refractivity contribution in [3.8, 4) is 5.75 Å². The number of fused-ring (bicyclic) bond motifs is 1. The second-order valence-corrected chi connectivity index (χ2v) is 6.59. The van der Waals surface area contributed by atoms with Gasteiger partial charge in [-0.2, -0.15) is 0 Å². The topological polar surface area (TPSA) is 21.3 Å². The molecule has 0 spiro atoms. The Morgan fingerprint density at radius 1 is 1.20 bits per heavy atom. The van der Waals surface area contributed by atoms with Crippen LogP contribution in [0.25, 0.3) is 0 Å². The summed E-state index contributed by atoms with van der Waals surface area (Å²) in [6, 6.07) is 7.09. The van der Waals surface area contributed by atoms with E-state index in [0.717, 1.165) is 17.6 Å². The molecule has 1 fully saturated rings. The number of aryl methyl sites for hydroxylation is 1. The van der Waals surface area contributed by atoms with Crippen molar-refractivity contribution in [2.24, 2.45) is 11.8 Å². The molecule has 0 aliphatic heterocycles. The molecule has 2 heteroatoms. The molecule has 20 heavy (non-hydrogen) atoms. The normalized spacial score (nSPS) is 29.2. The summed E-state index contributed by atoms with van der Waals surface area (Å²) < 4.78 is 5.37. The summed E-state index contributed by atoms with van der Waals surface area (Å²) >= 11 is 0. The van der Waals surface area contributed by atoms with Gasteiger partial charge in [-0.3, -0.25) is 0 Å². The Labute approximate surface area is 122 Å². The molecule has 0 heterocycles. The molecule has 3 unspecified atom stereocenters. The van der Waals surface area contributed by atoms with Crippen LogP contribution in [-0.2, 0) is 6.42 Å². The van der Waals surface area contributed by atoms with E-state index in [1.54, 1.807) is 7.11 Å². The molecule has 0 aromatic heterocycles. The van der Waals surface area contributed by atoms with Gasteiger partial charge in [-0.05, 0) is 60.9 Å². The third-order valence-corrected chi connectivity index (χ3v) is 5.35. The molecule has 1 N–H and O–H groups in total. The highest BCUT2D eigenvalue weighted by atomic mass is 16.5. The minimum absolute atomic E-state index is 0.536. The molecule has 3 rings (SSSR count). The second-order valence-electron chi connectivity index (χ2n) is 6.59. The maximum atomic E-state index is 5.37. The van der Waals surface area contributed by atoms with Gasteiger partial charge in [0.05, 0.1) is 7.11 Å². The highest BCUT2D eigenvalue weighted by molar-refractivity contribution is 5.40. The first-order chi connectivity index (χ1) is 9.78. The van der Waals surface area contributed by atoms with Crippen LogP contribution in [0.5, 0.6) is 5.75 Å². The van der Waals surface area contributed by atoms with Gasteiger partial charge in [0, 0.05) is 6.04 Å². The molecule has 110 valence electrons. The molecule has 0 saturated heterocycles. The summed E-state index contributed by atoms with van der Waals surface area (Å²) in [6.07, 6.45) is 8.13. The van der Waals surface area contributed by atoms with Crippen LogP contribution in [0.1, 0.15) is 56.2 Å². The lowest BCUT2D eigenvalue weighted by Gasteiger charge is -2.30. The van der Waals surface area contributed by atoms with Crippen LogP contribution < -0.4 is 10.1 Å². The Kier molecular flexibility index (Phi) is 4.30. The number of methoxy groups -OCH3 is 1. The fourth-order valence-corrected chi connectivity index (χ4v) is 3.91. The van der Waals surface area contributed by atoms with E-state index in [2.05, 4.69) is 30.4 Å². The summed E-state index contributed by atoms with van der Waals surface area (Å²) in [4.78, 5) is 0. The van der Waals surface area contributed by atoms with Gasteiger partial charge in [0.25, 0.3) is 0 Å². The van der Waals surface area contributed by atoms with Gasteiger partial charge >= 0.3 is 0 Å². The smallest absolute Gasteiger partial charge is 0.119 e. The summed E-state index contributed by atoms with van der Waals surface area (Å²) in [7, 11) is 1.75. The molecule has 1 saturated carbocycles. The van der Waals surface area contributed by atoms with Crippen LogP contribution in [-0.4, -0.2) is 13.7 Å². The van der Waals surface area contributed by atoms with E-state index in [0.29, 0.717) is 6.04 Å². The largest absolute Gasteiger partial charge is 0.497 e. The van der Waals surface area contributed by atoms with Crippen molar-refractivity contribution in [2.75, 3.05) is 13.7 Å². The fourth-order valence-electron chi connectivity index (χ4n) is 3.91. The molecule has 2 nitrogen and oxygen atoms in total. The average molecular weight is 273 g/mol. The van der Waals surface area contributed by atoms with Crippen LogP contribution in [0, 0.1) is 11.8 Å². The monoisotopic (exact) mass is 273 g/mol. The van der Waals surface area contributed by atoms with Gasteiger partial charge in [0.15, 0.2) is 0 Å². The first kappa shape index (κ1) is 13.9. The van der Waals surface area contributed by atoms with Crippen molar-refractivity contribution in [2.45, 2.75) is 51.5 Å². The first-order valence-corrected chi connectivity index (χ1v) is 8.18. The zero-order valence-corrected chi connectivity index (χ0v) is 12.8. The zero-order valence-electron chi connectivity index (χ0n) is 12.8. The Morgan fingerprint density at radius 2 is 2.05 bits per heavy atom. The van der Waals surface area contributed by atoms with Crippen molar-refractivity contribution in [1.82, 2.24) is 5.32 Å². The number of hydrogen-bond acceptors (Lipinski definition) is 2. The average Bonchev–Trinajstić information content (AvgIpc) is 2.88. The molecule has 0 radical (unpaired) electrons. The lowest BCUT2D eigenvalue weighted by Crippen LogP contribution is -2.31. The van der Waals surface area contributed by atoms with Crippen LogP contribution in [0.2, 0.25) is 0 Å². The van der Waals surface area contributed by atoms with Gasteiger partial charge in [0.2, 0.25) is 0 Å². The first-order valence-electron chi connectivity index (χ1n) is 8.18. The summed E-state index contributed by atoms with van der Waals surface area (Å²) in [5.41, 5.74) is 2.97. The van der Waals surface area contributed by atoms with E-state index in [9.17, 15) is 0 Å². The summed E-state index contributed by atoms with van der Waals surface area (Å²) in [5, 5.41) is 3.83. The molecule has 0 amide bonds. The van der Waals surface area contributed by atoms with Crippen molar-refractivity contribution < 1.29 is 4.74 Å². The van der Waals surface area contributed by atoms with Crippen LogP contribution in [0.3, 0.4) is 0 Å². The van der Waals surface area contributed by atoms with Gasteiger partial charge in [0.1, 0.15) is 5.75 Å². The van der Waals surface area contributed by atoms with Gasteiger partial charge < -0.3 is 10.1 Å². The van der Waals surface area contributed by atoms with E-state index in [1.165, 1.54) is 56.2 Å². The molecule has 2 aliphatic rings. The van der Waals surface area contributed by atoms with Crippen LogP contribution in [0.4, 0.5) is 0 Å². The number of ether oxygens (including phenoxy) is 1. The quantitative estimate of drug-likeness (QED) is 0.892. The Balaban J connectivity index is 1.62. The SMILES string of the molecule is COc1ccc2c(c1)C(NCC1CCCCC1C)CC2. The van der Waals surface area contributed by atoms with E-state index in [4.69, 9.17) is 4.74 Å². The predicted molar refractivity (Wildman–Crippen MR) is 83.2 cm³/mol. The lowest BCUT2D eigenvalue weighted by atomic mass is 9.80. The van der Waals surface area contributed by atoms with Crippen molar-refractivity contribution in [3.63, 3.8) is 0 Å². The molecular formula is C18H27NO. The molecule has 1 aromatic carbocycles.